The lowest BCUT2D eigenvalue weighted by atomic mass is 10.2. The Hall–Kier alpha value is -1.15. The molecule has 0 aliphatic carbocycles. The van der Waals surface area contributed by atoms with Crippen LogP contribution in [0.15, 0.2) is 22.6 Å². The number of benzene rings is 1. The predicted molar refractivity (Wildman–Crippen MR) is 46.6 cm³/mol. The van der Waals surface area contributed by atoms with Crippen molar-refractivity contribution >= 4 is 22.6 Å². The molecule has 1 heterocycles. The molecule has 0 bridgehead atoms. The van der Waals surface area contributed by atoms with Gasteiger partial charge in [0.1, 0.15) is 5.75 Å². The van der Waals surface area contributed by atoms with Gasteiger partial charge in [0.15, 0.2) is 11.8 Å². The van der Waals surface area contributed by atoms with Crippen molar-refractivity contribution in [2.45, 2.75) is 0 Å². The molecule has 0 N–H and O–H groups in total. The molecular formula is C9H6ClO2. The van der Waals surface area contributed by atoms with Crippen LogP contribution in [0.1, 0.15) is 0 Å². The molecule has 2 nitrogen and oxygen atoms in total. The third-order valence-corrected chi connectivity index (χ3v) is 1.94. The normalized spacial score (nSPS) is 10.5. The summed E-state index contributed by atoms with van der Waals surface area (Å²) >= 11 is 5.89. The van der Waals surface area contributed by atoms with E-state index >= 15 is 0 Å². The summed E-state index contributed by atoms with van der Waals surface area (Å²) < 4.78 is 10.1. The molecule has 0 fully saturated rings. The first-order valence-electron chi connectivity index (χ1n) is 3.44. The van der Waals surface area contributed by atoms with Gasteiger partial charge in [-0.05, 0) is 12.1 Å². The summed E-state index contributed by atoms with van der Waals surface area (Å²) in [7, 11) is 1.60. The van der Waals surface area contributed by atoms with E-state index in [2.05, 4.69) is 6.26 Å². The fourth-order valence-electron chi connectivity index (χ4n) is 1.07. The molecule has 0 aliphatic rings. The molecule has 0 saturated carbocycles. The van der Waals surface area contributed by atoms with Gasteiger partial charge in [0.25, 0.3) is 0 Å². The summed E-state index contributed by atoms with van der Waals surface area (Å²) in [5.41, 5.74) is 0.650. The molecule has 1 aromatic heterocycles. The minimum Gasteiger partial charge on any atom is -0.497 e. The molecule has 0 saturated heterocycles. The quantitative estimate of drug-likeness (QED) is 0.675. The second kappa shape index (κ2) is 2.72. The fraction of sp³-hybridized carbons (Fsp3) is 0.111. The minimum atomic E-state index is 0.547. The molecular weight excluding hydrogens is 176 g/mol. The van der Waals surface area contributed by atoms with Crippen LogP contribution in [0.5, 0.6) is 5.75 Å². The number of hydrogen-bond acceptors (Lipinski definition) is 2. The van der Waals surface area contributed by atoms with Crippen molar-refractivity contribution in [3.63, 3.8) is 0 Å². The maximum Gasteiger partial charge on any atom is 0.170 e. The van der Waals surface area contributed by atoms with Crippen LogP contribution in [0.4, 0.5) is 0 Å². The molecule has 2 aromatic rings. The topological polar surface area (TPSA) is 22.4 Å². The Balaban J connectivity index is 2.75. The van der Waals surface area contributed by atoms with Gasteiger partial charge in [-0.25, -0.2) is 0 Å². The average molecular weight is 182 g/mol. The van der Waals surface area contributed by atoms with E-state index in [9.17, 15) is 0 Å². The molecule has 1 radical (unpaired) electrons. The summed E-state index contributed by atoms with van der Waals surface area (Å²) in [5.74, 6) is 0.724. The van der Waals surface area contributed by atoms with Gasteiger partial charge < -0.3 is 9.15 Å². The summed E-state index contributed by atoms with van der Waals surface area (Å²) in [6, 6.07) is 5.28. The Kier molecular flexibility index (Phi) is 1.70. The lowest BCUT2D eigenvalue weighted by molar-refractivity contribution is 0.415. The highest BCUT2D eigenvalue weighted by Gasteiger charge is 2.04. The zero-order valence-electron chi connectivity index (χ0n) is 6.43. The molecule has 0 amide bonds. The van der Waals surface area contributed by atoms with Crippen LogP contribution in [0, 0.1) is 6.26 Å². The highest BCUT2D eigenvalue weighted by molar-refractivity contribution is 6.35. The number of ether oxygens (including phenoxy) is 1. The first-order valence-corrected chi connectivity index (χ1v) is 3.82. The molecule has 12 heavy (non-hydrogen) atoms. The van der Waals surface area contributed by atoms with Crippen molar-refractivity contribution in [3.05, 3.63) is 29.5 Å². The van der Waals surface area contributed by atoms with E-state index in [4.69, 9.17) is 20.8 Å². The van der Waals surface area contributed by atoms with Crippen molar-refractivity contribution in [1.29, 1.82) is 0 Å². The van der Waals surface area contributed by atoms with E-state index in [-0.39, 0.29) is 0 Å². The average Bonchev–Trinajstić information content (AvgIpc) is 2.52. The Labute approximate surface area is 74.7 Å². The monoisotopic (exact) mass is 181 g/mol. The van der Waals surface area contributed by atoms with Gasteiger partial charge in [-0.2, -0.15) is 0 Å². The van der Waals surface area contributed by atoms with E-state index in [1.165, 1.54) is 0 Å². The van der Waals surface area contributed by atoms with E-state index in [1.54, 1.807) is 19.2 Å². The van der Waals surface area contributed by atoms with Crippen LogP contribution >= 0.6 is 11.6 Å². The van der Waals surface area contributed by atoms with Gasteiger partial charge in [0.2, 0.25) is 0 Å². The van der Waals surface area contributed by atoms with Crippen LogP contribution in [-0.2, 0) is 0 Å². The molecule has 61 valence electrons. The van der Waals surface area contributed by atoms with E-state index < -0.39 is 0 Å². The van der Waals surface area contributed by atoms with Crippen LogP contribution in [0.3, 0.4) is 0 Å². The van der Waals surface area contributed by atoms with E-state index in [0.717, 1.165) is 11.1 Å². The van der Waals surface area contributed by atoms with Gasteiger partial charge in [0, 0.05) is 11.5 Å². The van der Waals surface area contributed by atoms with Crippen LogP contribution < -0.4 is 4.74 Å². The van der Waals surface area contributed by atoms with Crippen molar-refractivity contribution in [1.82, 2.24) is 0 Å². The first kappa shape index (κ1) is 7.50. The maximum absolute atomic E-state index is 5.89. The third-order valence-electron chi connectivity index (χ3n) is 1.66. The SMILES string of the molecule is COc1cc(Cl)c2o[c]cc2c1. The zero-order chi connectivity index (χ0) is 8.55. The number of hydrogen-bond donors (Lipinski definition) is 0. The van der Waals surface area contributed by atoms with Gasteiger partial charge in [-0.1, -0.05) is 11.6 Å². The minimum absolute atomic E-state index is 0.547. The second-order valence-electron chi connectivity index (χ2n) is 2.39. The summed E-state index contributed by atoms with van der Waals surface area (Å²) in [6.45, 7) is 0. The molecule has 3 heteroatoms. The zero-order valence-corrected chi connectivity index (χ0v) is 7.18. The largest absolute Gasteiger partial charge is 0.497 e. The van der Waals surface area contributed by atoms with Crippen molar-refractivity contribution in [2.75, 3.05) is 7.11 Å². The molecule has 1 aromatic carbocycles. The van der Waals surface area contributed by atoms with E-state index in [1.807, 2.05) is 6.07 Å². The van der Waals surface area contributed by atoms with Gasteiger partial charge in [-0.15, -0.1) is 0 Å². The number of rotatable bonds is 1. The maximum atomic E-state index is 5.89. The first-order chi connectivity index (χ1) is 5.81. The Morgan fingerprint density at radius 1 is 1.50 bits per heavy atom. The number of furan rings is 1. The number of fused-ring (bicyclic) bond motifs is 1. The Morgan fingerprint density at radius 3 is 3.08 bits per heavy atom. The van der Waals surface area contributed by atoms with Crippen molar-refractivity contribution < 1.29 is 9.15 Å². The molecule has 2 rings (SSSR count). The highest BCUT2D eigenvalue weighted by Crippen LogP contribution is 2.29. The molecule has 0 atom stereocenters. The number of halogens is 1. The Bertz CT molecular complexity index is 406. The van der Waals surface area contributed by atoms with Gasteiger partial charge in [-0.3, -0.25) is 0 Å². The highest BCUT2D eigenvalue weighted by atomic mass is 35.5. The number of methoxy groups -OCH3 is 1. The van der Waals surface area contributed by atoms with Crippen molar-refractivity contribution in [3.8, 4) is 5.75 Å². The fourth-order valence-corrected chi connectivity index (χ4v) is 1.33. The third kappa shape index (κ3) is 1.04. The Morgan fingerprint density at radius 2 is 2.33 bits per heavy atom. The summed E-state index contributed by atoms with van der Waals surface area (Å²) in [5, 5.41) is 1.45. The summed E-state index contributed by atoms with van der Waals surface area (Å²) in [4.78, 5) is 0. The van der Waals surface area contributed by atoms with E-state index in [0.29, 0.717) is 10.6 Å². The van der Waals surface area contributed by atoms with Crippen LogP contribution in [0.25, 0.3) is 11.0 Å². The van der Waals surface area contributed by atoms with Crippen LogP contribution in [-0.4, -0.2) is 7.11 Å². The predicted octanol–water partition coefficient (Wildman–Crippen LogP) is 2.89. The van der Waals surface area contributed by atoms with Gasteiger partial charge in [0.05, 0.1) is 12.1 Å². The van der Waals surface area contributed by atoms with Gasteiger partial charge >= 0.3 is 0 Å². The second-order valence-corrected chi connectivity index (χ2v) is 2.80. The van der Waals surface area contributed by atoms with Crippen LogP contribution in [0.2, 0.25) is 5.02 Å². The molecule has 0 aliphatic heterocycles. The smallest absolute Gasteiger partial charge is 0.170 e. The molecule has 0 spiro atoms. The summed E-state index contributed by atoms with van der Waals surface area (Å²) in [6.07, 6.45) is 2.61. The lowest BCUT2D eigenvalue weighted by Gasteiger charge is -1.99. The molecule has 0 unspecified atom stereocenters. The lowest BCUT2D eigenvalue weighted by Crippen LogP contribution is -1.81. The standard InChI is InChI=1S/C9H6ClO2/c1-11-7-4-6-2-3-12-9(6)8(10)5-7/h2,4-5H,1H3. The van der Waals surface area contributed by atoms with Crippen molar-refractivity contribution in [2.24, 2.45) is 0 Å².